The molecule has 1 N–H and O–H groups in total. The van der Waals surface area contributed by atoms with Crippen molar-refractivity contribution in [2.24, 2.45) is 0 Å². The van der Waals surface area contributed by atoms with Gasteiger partial charge in [0.05, 0.1) is 28.6 Å². The molecule has 0 radical (unpaired) electrons. The second-order valence-electron chi connectivity index (χ2n) is 7.40. The van der Waals surface area contributed by atoms with Crippen LogP contribution in [0.3, 0.4) is 0 Å². The van der Waals surface area contributed by atoms with Crippen molar-refractivity contribution in [3.63, 3.8) is 0 Å². The van der Waals surface area contributed by atoms with Crippen molar-refractivity contribution < 1.29 is 13.2 Å². The number of amides is 1. The third kappa shape index (κ3) is 3.12. The maximum absolute atomic E-state index is 12.8. The smallest absolute Gasteiger partial charge is 0.254 e. The molecule has 2 atom stereocenters. The van der Waals surface area contributed by atoms with Crippen molar-refractivity contribution >= 4 is 26.8 Å². The second-order valence-corrected chi connectivity index (χ2v) is 9.62. The first-order valence-electron chi connectivity index (χ1n) is 9.06. The van der Waals surface area contributed by atoms with Crippen molar-refractivity contribution in [2.75, 3.05) is 31.1 Å². The van der Waals surface area contributed by atoms with Gasteiger partial charge in [-0.25, -0.2) is 13.4 Å². The minimum absolute atomic E-state index is 0.0240. The van der Waals surface area contributed by atoms with E-state index in [1.54, 1.807) is 0 Å². The van der Waals surface area contributed by atoms with E-state index < -0.39 is 9.84 Å². The summed E-state index contributed by atoms with van der Waals surface area (Å²) in [6, 6.07) is 5.79. The lowest BCUT2D eigenvalue weighted by Crippen LogP contribution is -2.51. The molecule has 0 unspecified atom stereocenters. The maximum Gasteiger partial charge on any atom is 0.254 e. The number of rotatable bonds is 2. The minimum atomic E-state index is -2.96. The predicted molar refractivity (Wildman–Crippen MR) is 100 cm³/mol. The quantitative estimate of drug-likeness (QED) is 0.850. The number of benzene rings is 1. The van der Waals surface area contributed by atoms with Crippen LogP contribution in [0.2, 0.25) is 0 Å². The third-order valence-corrected chi connectivity index (χ3v) is 7.09. The zero-order chi connectivity index (χ0) is 18.5. The molecule has 0 saturated carbocycles. The lowest BCUT2D eigenvalue weighted by molar-refractivity contribution is 0.0709. The van der Waals surface area contributed by atoms with Gasteiger partial charge in [-0.3, -0.25) is 4.79 Å². The average Bonchev–Trinajstić information content (AvgIpc) is 3.11. The van der Waals surface area contributed by atoms with Gasteiger partial charge >= 0.3 is 0 Å². The first kappa shape index (κ1) is 17.5. The fourth-order valence-corrected chi connectivity index (χ4v) is 5.79. The van der Waals surface area contributed by atoms with Crippen LogP contribution < -0.4 is 5.32 Å². The summed E-state index contributed by atoms with van der Waals surface area (Å²) in [6.45, 7) is 6.17. The number of imidazole rings is 1. The van der Waals surface area contributed by atoms with Crippen LogP contribution in [0.5, 0.6) is 0 Å². The van der Waals surface area contributed by atoms with Gasteiger partial charge in [-0.05, 0) is 38.5 Å². The Labute approximate surface area is 153 Å². The number of nitrogens with one attached hydrogen (secondary N) is 1. The largest absolute Gasteiger partial charge is 0.336 e. The van der Waals surface area contributed by atoms with Crippen molar-refractivity contribution in [2.45, 2.75) is 32.4 Å². The highest BCUT2D eigenvalue weighted by atomic mass is 32.2. The van der Waals surface area contributed by atoms with Crippen LogP contribution in [0.15, 0.2) is 18.2 Å². The number of aromatic nitrogens is 2. The zero-order valence-electron chi connectivity index (χ0n) is 15.1. The third-order valence-electron chi connectivity index (χ3n) is 5.34. The van der Waals surface area contributed by atoms with Gasteiger partial charge in [-0.1, -0.05) is 0 Å². The van der Waals surface area contributed by atoms with E-state index in [1.165, 1.54) is 0 Å². The van der Waals surface area contributed by atoms with Crippen molar-refractivity contribution in [1.82, 2.24) is 19.8 Å². The normalized spacial score (nSPS) is 25.7. The molecule has 0 spiro atoms. The van der Waals surface area contributed by atoms with Crippen LogP contribution in [-0.2, 0) is 9.84 Å². The topological polar surface area (TPSA) is 84.3 Å². The maximum atomic E-state index is 12.8. The summed E-state index contributed by atoms with van der Waals surface area (Å²) in [4.78, 5) is 19.3. The van der Waals surface area contributed by atoms with Gasteiger partial charge in [0, 0.05) is 31.2 Å². The summed E-state index contributed by atoms with van der Waals surface area (Å²) < 4.78 is 25.7. The molecule has 2 aromatic rings. The van der Waals surface area contributed by atoms with Gasteiger partial charge in [0.25, 0.3) is 5.91 Å². The number of carbonyl (C=O) groups excluding carboxylic acids is 1. The van der Waals surface area contributed by atoms with Crippen LogP contribution >= 0.6 is 0 Å². The number of fused-ring (bicyclic) bond motifs is 1. The summed E-state index contributed by atoms with van der Waals surface area (Å²) in [7, 11) is -2.96. The van der Waals surface area contributed by atoms with Crippen LogP contribution in [-0.4, -0.2) is 66.0 Å². The first-order chi connectivity index (χ1) is 12.3. The van der Waals surface area contributed by atoms with E-state index in [4.69, 9.17) is 0 Å². The van der Waals surface area contributed by atoms with E-state index in [0.29, 0.717) is 31.1 Å². The Balaban J connectivity index is 1.66. The Morgan fingerprint density at radius 1 is 1.35 bits per heavy atom. The van der Waals surface area contributed by atoms with Crippen molar-refractivity contribution in [3.05, 3.63) is 29.6 Å². The number of nitrogens with zero attached hydrogens (tertiary/aromatic N) is 3. The molecule has 2 aliphatic rings. The molecule has 140 valence electrons. The van der Waals surface area contributed by atoms with Crippen molar-refractivity contribution in [3.8, 4) is 0 Å². The van der Waals surface area contributed by atoms with Gasteiger partial charge in [0.1, 0.15) is 5.82 Å². The Morgan fingerprint density at radius 3 is 2.85 bits per heavy atom. The van der Waals surface area contributed by atoms with Crippen LogP contribution in [0.1, 0.15) is 35.6 Å². The van der Waals surface area contributed by atoms with E-state index in [-0.39, 0.29) is 23.5 Å². The number of hydrogen-bond donors (Lipinski definition) is 1. The van der Waals surface area contributed by atoms with Gasteiger partial charge in [0.2, 0.25) is 0 Å². The lowest BCUT2D eigenvalue weighted by atomic mass is 10.1. The SMILES string of the molecule is Cc1nc2cc(C(=O)N3CCN[C@H](C)C3)ccc2n1[C@H]1CCS(=O)(=O)C1. The van der Waals surface area contributed by atoms with Gasteiger partial charge in [0.15, 0.2) is 9.84 Å². The van der Waals surface area contributed by atoms with E-state index in [0.717, 1.165) is 23.4 Å². The molecule has 8 heteroatoms. The Kier molecular flexibility index (Phi) is 4.27. The highest BCUT2D eigenvalue weighted by molar-refractivity contribution is 7.91. The molecule has 4 rings (SSSR count). The molecule has 2 saturated heterocycles. The Hall–Kier alpha value is -1.93. The highest BCUT2D eigenvalue weighted by Crippen LogP contribution is 2.29. The predicted octanol–water partition coefficient (Wildman–Crippen LogP) is 1.14. The van der Waals surface area contributed by atoms with E-state index in [9.17, 15) is 13.2 Å². The molecule has 1 amide bonds. The molecular formula is C18H24N4O3S. The number of carbonyl (C=O) groups is 1. The summed E-state index contributed by atoms with van der Waals surface area (Å²) in [5.74, 6) is 1.21. The lowest BCUT2D eigenvalue weighted by Gasteiger charge is -2.32. The zero-order valence-corrected chi connectivity index (χ0v) is 15.9. The summed E-state index contributed by atoms with van der Waals surface area (Å²) in [6.07, 6.45) is 0.619. The Bertz CT molecular complexity index is 966. The summed E-state index contributed by atoms with van der Waals surface area (Å²) in [5.41, 5.74) is 2.28. The van der Waals surface area contributed by atoms with Crippen LogP contribution in [0, 0.1) is 6.92 Å². The monoisotopic (exact) mass is 376 g/mol. The van der Waals surface area contributed by atoms with E-state index >= 15 is 0 Å². The number of hydrogen-bond acceptors (Lipinski definition) is 5. The fraction of sp³-hybridized carbons (Fsp3) is 0.556. The van der Waals surface area contributed by atoms with Crippen LogP contribution in [0.4, 0.5) is 0 Å². The van der Waals surface area contributed by atoms with Gasteiger partial charge in [-0.15, -0.1) is 0 Å². The molecular weight excluding hydrogens is 352 g/mol. The summed E-state index contributed by atoms with van der Waals surface area (Å²) >= 11 is 0. The number of aryl methyl sites for hydroxylation is 1. The summed E-state index contributed by atoms with van der Waals surface area (Å²) in [5, 5.41) is 3.34. The molecule has 0 aliphatic carbocycles. The average molecular weight is 376 g/mol. The first-order valence-corrected chi connectivity index (χ1v) is 10.9. The number of sulfone groups is 1. The standard InChI is InChI=1S/C18H24N4O3S/c1-12-10-21(7-6-19-12)18(23)14-3-4-17-16(9-14)20-13(2)22(17)15-5-8-26(24,25)11-15/h3-4,9,12,15,19H,5-8,10-11H2,1-2H3/t12-,15+/m1/s1. The van der Waals surface area contributed by atoms with Gasteiger partial charge in [-0.2, -0.15) is 0 Å². The molecule has 0 bridgehead atoms. The second kappa shape index (κ2) is 6.35. The van der Waals surface area contributed by atoms with Crippen LogP contribution in [0.25, 0.3) is 11.0 Å². The van der Waals surface area contributed by atoms with Gasteiger partial charge < -0.3 is 14.8 Å². The Morgan fingerprint density at radius 2 is 2.15 bits per heavy atom. The van der Waals surface area contributed by atoms with E-state index in [1.807, 2.05) is 34.6 Å². The minimum Gasteiger partial charge on any atom is -0.336 e. The number of piperazine rings is 1. The highest BCUT2D eigenvalue weighted by Gasteiger charge is 2.31. The molecule has 7 nitrogen and oxygen atoms in total. The molecule has 1 aromatic carbocycles. The molecule has 2 aliphatic heterocycles. The molecule has 2 fully saturated rings. The van der Waals surface area contributed by atoms with Crippen molar-refractivity contribution in [1.29, 1.82) is 0 Å². The molecule has 1 aromatic heterocycles. The van der Waals surface area contributed by atoms with E-state index in [2.05, 4.69) is 17.2 Å². The fourth-order valence-electron chi connectivity index (χ4n) is 4.09. The molecule has 26 heavy (non-hydrogen) atoms. The molecule has 3 heterocycles.